The van der Waals surface area contributed by atoms with Crippen LogP contribution in [0.1, 0.15) is 5.56 Å². The van der Waals surface area contributed by atoms with Crippen LogP contribution in [0.15, 0.2) is 18.2 Å². The number of rotatable bonds is 7. The van der Waals surface area contributed by atoms with Crippen LogP contribution in [0.2, 0.25) is 0 Å². The normalized spacial score (nSPS) is 9.75. The van der Waals surface area contributed by atoms with Crippen molar-refractivity contribution in [3.63, 3.8) is 0 Å². The molecular formula is C13H19N3O4. The molecule has 0 unspecified atom stereocenters. The highest BCUT2D eigenvalue weighted by Crippen LogP contribution is 2.27. The van der Waals surface area contributed by atoms with Gasteiger partial charge in [0.15, 0.2) is 11.5 Å². The summed E-state index contributed by atoms with van der Waals surface area (Å²) in [7, 11) is 3.10. The molecule has 0 fully saturated rings. The molecule has 0 atom stereocenters. The van der Waals surface area contributed by atoms with E-state index in [2.05, 4.69) is 10.6 Å². The Bertz CT molecular complexity index is 477. The number of ether oxygens (including phenoxy) is 2. The van der Waals surface area contributed by atoms with Crippen molar-refractivity contribution in [2.75, 3.05) is 27.3 Å². The SMILES string of the molecule is COc1ccc(CNC(=O)CNC(=O)CN)cc1OC. The lowest BCUT2D eigenvalue weighted by Crippen LogP contribution is -2.39. The molecule has 0 saturated heterocycles. The molecule has 2 amide bonds. The van der Waals surface area contributed by atoms with Crippen LogP contribution in [0.3, 0.4) is 0 Å². The van der Waals surface area contributed by atoms with Gasteiger partial charge in [0, 0.05) is 6.54 Å². The van der Waals surface area contributed by atoms with E-state index in [9.17, 15) is 9.59 Å². The van der Waals surface area contributed by atoms with Crippen LogP contribution in [0.25, 0.3) is 0 Å². The van der Waals surface area contributed by atoms with Crippen LogP contribution in [0, 0.1) is 0 Å². The van der Waals surface area contributed by atoms with E-state index < -0.39 is 0 Å². The van der Waals surface area contributed by atoms with Gasteiger partial charge in [-0.05, 0) is 17.7 Å². The molecule has 0 saturated carbocycles. The maximum absolute atomic E-state index is 11.5. The Hall–Kier alpha value is -2.28. The minimum Gasteiger partial charge on any atom is -0.493 e. The molecule has 0 aromatic heterocycles. The minimum atomic E-state index is -0.369. The van der Waals surface area contributed by atoms with E-state index in [1.54, 1.807) is 26.4 Å². The third-order valence-corrected chi connectivity index (χ3v) is 2.57. The molecule has 4 N–H and O–H groups in total. The molecule has 20 heavy (non-hydrogen) atoms. The van der Waals surface area contributed by atoms with Gasteiger partial charge in [-0.1, -0.05) is 6.07 Å². The number of nitrogens with two attached hydrogens (primary N) is 1. The van der Waals surface area contributed by atoms with Gasteiger partial charge < -0.3 is 25.8 Å². The maximum atomic E-state index is 11.5. The Morgan fingerprint density at radius 2 is 1.80 bits per heavy atom. The average Bonchev–Trinajstić information content (AvgIpc) is 2.49. The van der Waals surface area contributed by atoms with Gasteiger partial charge in [0.2, 0.25) is 11.8 Å². The zero-order chi connectivity index (χ0) is 15.0. The van der Waals surface area contributed by atoms with Crippen molar-refractivity contribution in [3.05, 3.63) is 23.8 Å². The monoisotopic (exact) mass is 281 g/mol. The predicted molar refractivity (Wildman–Crippen MR) is 73.5 cm³/mol. The number of benzene rings is 1. The molecule has 1 rings (SSSR count). The summed E-state index contributed by atoms with van der Waals surface area (Å²) in [5.74, 6) is 0.557. The zero-order valence-electron chi connectivity index (χ0n) is 11.6. The fourth-order valence-electron chi connectivity index (χ4n) is 1.50. The first kappa shape index (κ1) is 15.8. The van der Waals surface area contributed by atoms with E-state index in [-0.39, 0.29) is 24.9 Å². The highest BCUT2D eigenvalue weighted by molar-refractivity contribution is 5.85. The molecule has 0 bridgehead atoms. The number of carbonyl (C=O) groups excluding carboxylic acids is 2. The Labute approximate surface area is 117 Å². The number of nitrogens with one attached hydrogen (secondary N) is 2. The van der Waals surface area contributed by atoms with Gasteiger partial charge in [-0.15, -0.1) is 0 Å². The molecule has 0 spiro atoms. The van der Waals surface area contributed by atoms with E-state index in [1.807, 2.05) is 6.07 Å². The van der Waals surface area contributed by atoms with Crippen LogP contribution in [-0.2, 0) is 16.1 Å². The number of hydrogen-bond donors (Lipinski definition) is 3. The summed E-state index contributed by atoms with van der Waals surface area (Å²) < 4.78 is 10.3. The molecule has 0 aliphatic heterocycles. The molecule has 0 aliphatic rings. The Balaban J connectivity index is 2.49. The molecule has 1 aromatic carbocycles. The standard InChI is InChI=1S/C13H19N3O4/c1-19-10-4-3-9(5-11(10)20-2)7-15-13(18)8-16-12(17)6-14/h3-5H,6-8,14H2,1-2H3,(H,15,18)(H,16,17). The van der Waals surface area contributed by atoms with Crippen molar-refractivity contribution in [1.29, 1.82) is 0 Å². The van der Waals surface area contributed by atoms with Crippen molar-refractivity contribution in [2.24, 2.45) is 5.73 Å². The highest BCUT2D eigenvalue weighted by Gasteiger charge is 2.07. The van der Waals surface area contributed by atoms with E-state index in [4.69, 9.17) is 15.2 Å². The molecule has 110 valence electrons. The van der Waals surface area contributed by atoms with Crippen molar-refractivity contribution in [3.8, 4) is 11.5 Å². The van der Waals surface area contributed by atoms with Crippen molar-refractivity contribution in [2.45, 2.75) is 6.54 Å². The zero-order valence-corrected chi connectivity index (χ0v) is 11.6. The lowest BCUT2D eigenvalue weighted by atomic mass is 10.2. The number of hydrogen-bond acceptors (Lipinski definition) is 5. The smallest absolute Gasteiger partial charge is 0.239 e. The quantitative estimate of drug-likeness (QED) is 0.619. The van der Waals surface area contributed by atoms with Gasteiger partial charge in [-0.2, -0.15) is 0 Å². The summed E-state index contributed by atoms with van der Waals surface area (Å²) in [6, 6.07) is 5.36. The summed E-state index contributed by atoms with van der Waals surface area (Å²) in [6.45, 7) is 0.101. The molecular weight excluding hydrogens is 262 g/mol. The van der Waals surface area contributed by atoms with E-state index in [0.29, 0.717) is 18.0 Å². The second-order valence-electron chi connectivity index (χ2n) is 3.95. The fraction of sp³-hybridized carbons (Fsp3) is 0.385. The summed E-state index contributed by atoms with van der Waals surface area (Å²) in [4.78, 5) is 22.4. The van der Waals surface area contributed by atoms with E-state index in [1.165, 1.54) is 0 Å². The first-order chi connectivity index (χ1) is 9.60. The first-order valence-corrected chi connectivity index (χ1v) is 6.05. The van der Waals surface area contributed by atoms with Crippen LogP contribution < -0.4 is 25.8 Å². The van der Waals surface area contributed by atoms with Gasteiger partial charge in [-0.25, -0.2) is 0 Å². The summed E-state index contributed by atoms with van der Waals surface area (Å²) >= 11 is 0. The molecule has 0 radical (unpaired) electrons. The second kappa shape index (κ2) is 8.00. The molecule has 0 aliphatic carbocycles. The Morgan fingerprint density at radius 1 is 1.10 bits per heavy atom. The summed E-state index contributed by atoms with van der Waals surface area (Å²) in [6.07, 6.45) is 0. The predicted octanol–water partition coefficient (Wildman–Crippen LogP) is -0.605. The number of amides is 2. The van der Waals surface area contributed by atoms with Crippen molar-refractivity contribution >= 4 is 11.8 Å². The highest BCUT2D eigenvalue weighted by atomic mass is 16.5. The van der Waals surface area contributed by atoms with Gasteiger partial charge in [0.1, 0.15) is 0 Å². The van der Waals surface area contributed by atoms with E-state index in [0.717, 1.165) is 5.56 Å². The second-order valence-corrected chi connectivity index (χ2v) is 3.95. The van der Waals surface area contributed by atoms with Crippen LogP contribution in [0.4, 0.5) is 0 Å². The third kappa shape index (κ3) is 4.77. The summed E-state index contributed by atoms with van der Waals surface area (Å²) in [5.41, 5.74) is 5.98. The Morgan fingerprint density at radius 3 is 2.40 bits per heavy atom. The van der Waals surface area contributed by atoms with Gasteiger partial charge >= 0.3 is 0 Å². The summed E-state index contributed by atoms with van der Waals surface area (Å²) in [5, 5.41) is 5.06. The molecule has 7 heteroatoms. The van der Waals surface area contributed by atoms with Crippen LogP contribution >= 0.6 is 0 Å². The third-order valence-electron chi connectivity index (χ3n) is 2.57. The molecule has 1 aromatic rings. The van der Waals surface area contributed by atoms with Crippen LogP contribution in [-0.4, -0.2) is 39.1 Å². The van der Waals surface area contributed by atoms with E-state index >= 15 is 0 Å². The van der Waals surface area contributed by atoms with Crippen LogP contribution in [0.5, 0.6) is 11.5 Å². The largest absolute Gasteiger partial charge is 0.493 e. The number of carbonyl (C=O) groups is 2. The fourth-order valence-corrected chi connectivity index (χ4v) is 1.50. The number of methoxy groups -OCH3 is 2. The first-order valence-electron chi connectivity index (χ1n) is 6.05. The molecule has 0 heterocycles. The van der Waals surface area contributed by atoms with Crippen molar-refractivity contribution in [1.82, 2.24) is 10.6 Å². The topological polar surface area (TPSA) is 103 Å². The lowest BCUT2D eigenvalue weighted by Gasteiger charge is -2.10. The maximum Gasteiger partial charge on any atom is 0.239 e. The average molecular weight is 281 g/mol. The molecule has 7 nitrogen and oxygen atoms in total. The van der Waals surface area contributed by atoms with Gasteiger partial charge in [0.05, 0.1) is 27.3 Å². The lowest BCUT2D eigenvalue weighted by molar-refractivity contribution is -0.125. The van der Waals surface area contributed by atoms with Crippen molar-refractivity contribution < 1.29 is 19.1 Å². The van der Waals surface area contributed by atoms with Gasteiger partial charge in [-0.3, -0.25) is 9.59 Å². The van der Waals surface area contributed by atoms with Gasteiger partial charge in [0.25, 0.3) is 0 Å². The Kier molecular flexibility index (Phi) is 6.31. The minimum absolute atomic E-state index is 0.0939.